The number of rotatable bonds is 8. The van der Waals surface area contributed by atoms with E-state index in [1.165, 1.54) is 19.1 Å². The van der Waals surface area contributed by atoms with Gasteiger partial charge in [0.25, 0.3) is 11.7 Å². The average Bonchev–Trinajstić information content (AvgIpc) is 3.13. The first-order chi connectivity index (χ1) is 17.3. The summed E-state index contributed by atoms with van der Waals surface area (Å²) in [7, 11) is 3.04. The van der Waals surface area contributed by atoms with Crippen LogP contribution in [0, 0.1) is 0 Å². The van der Waals surface area contributed by atoms with E-state index in [9.17, 15) is 14.7 Å². The molecule has 0 spiro atoms. The highest BCUT2D eigenvalue weighted by Gasteiger charge is 2.46. The number of amides is 1. The highest BCUT2D eigenvalue weighted by molar-refractivity contribution is 6.46. The van der Waals surface area contributed by atoms with Gasteiger partial charge in [-0.1, -0.05) is 12.1 Å². The van der Waals surface area contributed by atoms with Crippen LogP contribution >= 0.6 is 0 Å². The van der Waals surface area contributed by atoms with Crippen LogP contribution < -0.4 is 14.2 Å². The average molecular weight is 489 g/mol. The molecule has 0 aliphatic carbocycles. The molecule has 186 valence electrons. The first-order valence-corrected chi connectivity index (χ1v) is 11.5. The number of likely N-dealkylation sites (tertiary alicyclic amines) is 1. The van der Waals surface area contributed by atoms with Crippen molar-refractivity contribution in [1.82, 2.24) is 9.88 Å². The second-order valence-corrected chi connectivity index (χ2v) is 8.59. The Kier molecular flexibility index (Phi) is 7.24. The molecular weight excluding hydrogens is 460 g/mol. The second kappa shape index (κ2) is 10.5. The molecule has 1 aliphatic rings. The Bertz CT molecular complexity index is 1290. The molecular formula is C28H28N2O6. The van der Waals surface area contributed by atoms with Gasteiger partial charge in [0.2, 0.25) is 0 Å². The molecule has 1 atom stereocenters. The molecule has 0 radical (unpaired) electrons. The number of aliphatic hydroxyl groups is 1. The third kappa shape index (κ3) is 4.88. The van der Waals surface area contributed by atoms with Gasteiger partial charge in [0.15, 0.2) is 11.5 Å². The maximum atomic E-state index is 13.3. The first kappa shape index (κ1) is 24.8. The number of ether oxygens (including phenoxy) is 3. The van der Waals surface area contributed by atoms with E-state index in [1.807, 2.05) is 19.9 Å². The SMILES string of the molecule is COc1ccc([C@@H]2/C(=C(\O)c3ccc(OC(C)C)cc3)C(=O)C(=O)N2Cc2cccnc2)cc1OC. The minimum atomic E-state index is -0.850. The van der Waals surface area contributed by atoms with Crippen LogP contribution in [0.5, 0.6) is 17.2 Å². The van der Waals surface area contributed by atoms with Crippen molar-refractivity contribution < 1.29 is 28.9 Å². The quantitative estimate of drug-likeness (QED) is 0.283. The number of carbonyl (C=O) groups excluding carboxylic acids is 2. The summed E-state index contributed by atoms with van der Waals surface area (Å²) in [4.78, 5) is 32.1. The molecule has 1 aliphatic heterocycles. The maximum absolute atomic E-state index is 13.3. The van der Waals surface area contributed by atoms with Gasteiger partial charge in [0.1, 0.15) is 11.5 Å². The lowest BCUT2D eigenvalue weighted by molar-refractivity contribution is -0.140. The van der Waals surface area contributed by atoms with Crippen LogP contribution in [0.15, 0.2) is 72.6 Å². The number of carbonyl (C=O) groups is 2. The normalized spacial score (nSPS) is 16.9. The van der Waals surface area contributed by atoms with Gasteiger partial charge in [-0.3, -0.25) is 14.6 Å². The maximum Gasteiger partial charge on any atom is 0.295 e. The number of pyridine rings is 1. The minimum Gasteiger partial charge on any atom is -0.507 e. The van der Waals surface area contributed by atoms with Crippen molar-refractivity contribution in [3.8, 4) is 17.2 Å². The van der Waals surface area contributed by atoms with Gasteiger partial charge in [0, 0.05) is 24.5 Å². The van der Waals surface area contributed by atoms with Crippen LogP contribution in [0.25, 0.3) is 5.76 Å². The topological polar surface area (TPSA) is 98.2 Å². The molecule has 1 saturated heterocycles. The molecule has 1 fully saturated rings. The summed E-state index contributed by atoms with van der Waals surface area (Å²) in [6.45, 7) is 3.97. The fourth-order valence-electron chi connectivity index (χ4n) is 4.22. The largest absolute Gasteiger partial charge is 0.507 e. The Balaban J connectivity index is 1.84. The predicted molar refractivity (Wildman–Crippen MR) is 134 cm³/mol. The molecule has 1 amide bonds. The van der Waals surface area contributed by atoms with Crippen LogP contribution in [0.3, 0.4) is 0 Å². The first-order valence-electron chi connectivity index (χ1n) is 11.5. The number of nitrogens with zero attached hydrogens (tertiary/aromatic N) is 2. The lowest BCUT2D eigenvalue weighted by Gasteiger charge is -2.26. The van der Waals surface area contributed by atoms with Crippen LogP contribution in [0.4, 0.5) is 0 Å². The minimum absolute atomic E-state index is 0.00589. The van der Waals surface area contributed by atoms with Crippen molar-refractivity contribution in [1.29, 1.82) is 0 Å². The predicted octanol–water partition coefficient (Wildman–Crippen LogP) is 4.51. The summed E-state index contributed by atoms with van der Waals surface area (Å²) < 4.78 is 16.5. The lowest BCUT2D eigenvalue weighted by Crippen LogP contribution is -2.29. The summed E-state index contributed by atoms with van der Waals surface area (Å²) >= 11 is 0. The number of methoxy groups -OCH3 is 2. The number of aromatic nitrogens is 1. The van der Waals surface area contributed by atoms with Gasteiger partial charge in [-0.05, 0) is 67.4 Å². The fourth-order valence-corrected chi connectivity index (χ4v) is 4.22. The number of Topliss-reactive ketones (excluding diaryl/α,β-unsaturated/α-hetero) is 1. The van der Waals surface area contributed by atoms with Crippen molar-refractivity contribution >= 4 is 17.4 Å². The van der Waals surface area contributed by atoms with Crippen molar-refractivity contribution in [3.63, 3.8) is 0 Å². The summed E-state index contributed by atoms with van der Waals surface area (Å²) in [6.07, 6.45) is 3.27. The van der Waals surface area contributed by atoms with E-state index >= 15 is 0 Å². The zero-order valence-electron chi connectivity index (χ0n) is 20.6. The van der Waals surface area contributed by atoms with E-state index in [0.29, 0.717) is 28.4 Å². The Labute approximate surface area is 209 Å². The number of hydrogen-bond donors (Lipinski definition) is 1. The third-order valence-electron chi connectivity index (χ3n) is 5.84. The van der Waals surface area contributed by atoms with E-state index < -0.39 is 17.7 Å². The fraction of sp³-hybridized carbons (Fsp3) is 0.250. The van der Waals surface area contributed by atoms with Crippen molar-refractivity contribution in [2.75, 3.05) is 14.2 Å². The Morgan fingerprint density at radius 1 is 1.03 bits per heavy atom. The molecule has 8 nitrogen and oxygen atoms in total. The van der Waals surface area contributed by atoms with E-state index in [-0.39, 0.29) is 24.0 Å². The number of benzene rings is 2. The molecule has 8 heteroatoms. The molecule has 1 N–H and O–H groups in total. The van der Waals surface area contributed by atoms with Gasteiger partial charge >= 0.3 is 0 Å². The molecule has 3 aromatic rings. The van der Waals surface area contributed by atoms with Crippen LogP contribution in [-0.2, 0) is 16.1 Å². The molecule has 2 heterocycles. The standard InChI is InChI=1S/C28H28N2O6/c1-17(2)36-21-10-7-19(8-11-21)26(31)24-25(20-9-12-22(34-3)23(14-20)35-4)30(28(33)27(24)32)16-18-6-5-13-29-15-18/h5-15,17,25,31H,16H2,1-4H3/b26-24+/t25-/m1/s1. The van der Waals surface area contributed by atoms with E-state index in [2.05, 4.69) is 4.98 Å². The van der Waals surface area contributed by atoms with Crippen molar-refractivity contribution in [3.05, 3.63) is 89.3 Å². The zero-order chi connectivity index (χ0) is 25.8. The number of ketones is 1. The van der Waals surface area contributed by atoms with E-state index in [4.69, 9.17) is 14.2 Å². The summed E-state index contributed by atoms with van der Waals surface area (Å²) in [6, 6.07) is 14.6. The number of hydrogen-bond acceptors (Lipinski definition) is 7. The number of aliphatic hydroxyl groups excluding tert-OH is 1. The van der Waals surface area contributed by atoms with E-state index in [1.54, 1.807) is 60.9 Å². The third-order valence-corrected chi connectivity index (χ3v) is 5.84. The summed E-state index contributed by atoms with van der Waals surface area (Å²) in [5.74, 6) is -0.157. The summed E-state index contributed by atoms with van der Waals surface area (Å²) in [5.41, 5.74) is 1.74. The van der Waals surface area contributed by atoms with Gasteiger partial charge in [-0.15, -0.1) is 0 Å². The molecule has 0 saturated carbocycles. The summed E-state index contributed by atoms with van der Waals surface area (Å²) in [5, 5.41) is 11.3. The van der Waals surface area contributed by atoms with Crippen molar-refractivity contribution in [2.24, 2.45) is 0 Å². The van der Waals surface area contributed by atoms with Gasteiger partial charge < -0.3 is 24.2 Å². The Morgan fingerprint density at radius 2 is 1.75 bits per heavy atom. The van der Waals surface area contributed by atoms with Crippen molar-refractivity contribution in [2.45, 2.75) is 32.5 Å². The molecule has 4 rings (SSSR count). The lowest BCUT2D eigenvalue weighted by atomic mass is 9.94. The molecule has 0 bridgehead atoms. The smallest absolute Gasteiger partial charge is 0.295 e. The molecule has 1 aromatic heterocycles. The molecule has 36 heavy (non-hydrogen) atoms. The van der Waals surface area contributed by atoms with Crippen LogP contribution in [0.2, 0.25) is 0 Å². The Hall–Kier alpha value is -4.33. The van der Waals surface area contributed by atoms with Gasteiger partial charge in [-0.2, -0.15) is 0 Å². The molecule has 2 aromatic carbocycles. The van der Waals surface area contributed by atoms with Gasteiger partial charge in [0.05, 0.1) is 31.9 Å². The monoisotopic (exact) mass is 488 g/mol. The highest BCUT2D eigenvalue weighted by Crippen LogP contribution is 2.42. The zero-order valence-corrected chi connectivity index (χ0v) is 20.6. The molecule has 0 unspecified atom stereocenters. The van der Waals surface area contributed by atoms with Gasteiger partial charge in [-0.25, -0.2) is 0 Å². The van der Waals surface area contributed by atoms with Crippen LogP contribution in [0.1, 0.15) is 36.6 Å². The second-order valence-electron chi connectivity index (χ2n) is 8.59. The Morgan fingerprint density at radius 3 is 2.36 bits per heavy atom. The van der Waals surface area contributed by atoms with Crippen LogP contribution in [-0.4, -0.2) is 47.0 Å². The highest BCUT2D eigenvalue weighted by atomic mass is 16.5. The van der Waals surface area contributed by atoms with E-state index in [0.717, 1.165) is 5.56 Å².